The lowest BCUT2D eigenvalue weighted by molar-refractivity contribution is -0.141. The molecule has 7 heteroatoms. The molecule has 0 bridgehead atoms. The molecule has 1 unspecified atom stereocenters. The summed E-state index contributed by atoms with van der Waals surface area (Å²) >= 11 is 5.66. The Kier molecular flexibility index (Phi) is 6.03. The fourth-order valence-corrected chi connectivity index (χ4v) is 1.73. The zero-order valence-corrected chi connectivity index (χ0v) is 11.1. The van der Waals surface area contributed by atoms with Gasteiger partial charge in [0.25, 0.3) is 0 Å². The highest BCUT2D eigenvalue weighted by Gasteiger charge is 2.33. The van der Waals surface area contributed by atoms with Gasteiger partial charge in [0, 0.05) is 25.2 Å². The summed E-state index contributed by atoms with van der Waals surface area (Å²) in [5.41, 5.74) is -0.898. The van der Waals surface area contributed by atoms with Crippen LogP contribution in [0.15, 0.2) is 12.1 Å². The number of aliphatic hydroxyl groups is 1. The van der Waals surface area contributed by atoms with Gasteiger partial charge < -0.3 is 9.84 Å². The van der Waals surface area contributed by atoms with Gasteiger partial charge in [0.1, 0.15) is 10.8 Å². The number of ether oxygens (including phenoxy) is 1. The minimum atomic E-state index is -4.54. The van der Waals surface area contributed by atoms with E-state index in [1.807, 2.05) is 6.92 Å². The van der Waals surface area contributed by atoms with Crippen LogP contribution in [0.4, 0.5) is 13.2 Å². The largest absolute Gasteiger partial charge is 0.433 e. The maximum atomic E-state index is 12.4. The number of hydrogen-bond donors (Lipinski definition) is 1. The second kappa shape index (κ2) is 7.07. The summed E-state index contributed by atoms with van der Waals surface area (Å²) in [7, 11) is 0. The van der Waals surface area contributed by atoms with Crippen molar-refractivity contribution >= 4 is 11.6 Å². The van der Waals surface area contributed by atoms with E-state index in [1.54, 1.807) is 0 Å². The van der Waals surface area contributed by atoms with Crippen molar-refractivity contribution in [2.24, 2.45) is 0 Å². The highest BCUT2D eigenvalue weighted by Crippen LogP contribution is 2.31. The molecule has 0 saturated carbocycles. The zero-order chi connectivity index (χ0) is 14.5. The van der Waals surface area contributed by atoms with Crippen molar-refractivity contribution in [3.05, 3.63) is 28.5 Å². The Hall–Kier alpha value is -0.850. The molecule has 3 nitrogen and oxygen atoms in total. The molecule has 1 aromatic heterocycles. The Bertz CT molecular complexity index is 412. The van der Waals surface area contributed by atoms with Crippen LogP contribution in [-0.2, 0) is 10.9 Å². The first-order valence-corrected chi connectivity index (χ1v) is 6.23. The molecule has 1 heterocycles. The molecule has 0 radical (unpaired) electrons. The highest BCUT2D eigenvalue weighted by atomic mass is 35.5. The minimum absolute atomic E-state index is 0.176. The lowest BCUT2D eigenvalue weighted by atomic mass is 10.1. The first kappa shape index (κ1) is 16.2. The minimum Gasteiger partial charge on any atom is -0.388 e. The van der Waals surface area contributed by atoms with E-state index in [4.69, 9.17) is 16.3 Å². The van der Waals surface area contributed by atoms with Crippen molar-refractivity contribution in [1.82, 2.24) is 4.98 Å². The first-order chi connectivity index (χ1) is 8.86. The molecular weight excluding hydrogens is 283 g/mol. The quantitative estimate of drug-likeness (QED) is 0.644. The molecule has 0 aliphatic carbocycles. The van der Waals surface area contributed by atoms with E-state index in [0.717, 1.165) is 18.6 Å². The van der Waals surface area contributed by atoms with E-state index in [-0.39, 0.29) is 17.1 Å². The molecule has 0 saturated heterocycles. The van der Waals surface area contributed by atoms with Crippen LogP contribution in [0.1, 0.15) is 37.1 Å². The van der Waals surface area contributed by atoms with Gasteiger partial charge in [-0.15, -0.1) is 0 Å². The van der Waals surface area contributed by atoms with E-state index < -0.39 is 18.0 Å². The van der Waals surface area contributed by atoms with E-state index in [1.165, 1.54) is 0 Å². The van der Waals surface area contributed by atoms with Gasteiger partial charge in [0.05, 0.1) is 6.10 Å². The van der Waals surface area contributed by atoms with Crippen LogP contribution in [0.3, 0.4) is 0 Å². The number of halogens is 4. The van der Waals surface area contributed by atoms with E-state index >= 15 is 0 Å². The van der Waals surface area contributed by atoms with Crippen molar-refractivity contribution in [3.63, 3.8) is 0 Å². The fourth-order valence-electron chi connectivity index (χ4n) is 1.45. The Morgan fingerprint density at radius 1 is 1.37 bits per heavy atom. The molecule has 0 spiro atoms. The third-order valence-electron chi connectivity index (χ3n) is 2.41. The van der Waals surface area contributed by atoms with E-state index in [2.05, 4.69) is 4.98 Å². The lowest BCUT2D eigenvalue weighted by Gasteiger charge is -2.14. The molecule has 19 heavy (non-hydrogen) atoms. The van der Waals surface area contributed by atoms with Gasteiger partial charge in [-0.3, -0.25) is 0 Å². The summed E-state index contributed by atoms with van der Waals surface area (Å²) in [6, 6.07) is 1.94. The standard InChI is InChI=1S/C12H15ClF3NO2/c1-2-6-19-7-5-9(18)8-3-4-10(12(14,15)16)17-11(8)13/h3-4,9,18H,2,5-7H2,1H3. The lowest BCUT2D eigenvalue weighted by Crippen LogP contribution is -2.10. The second-order valence-electron chi connectivity index (χ2n) is 3.99. The van der Waals surface area contributed by atoms with Gasteiger partial charge in [-0.2, -0.15) is 13.2 Å². The predicted molar refractivity (Wildman–Crippen MR) is 64.9 cm³/mol. The second-order valence-corrected chi connectivity index (χ2v) is 4.35. The number of aliphatic hydroxyl groups excluding tert-OH is 1. The van der Waals surface area contributed by atoms with E-state index in [9.17, 15) is 18.3 Å². The predicted octanol–water partition coefficient (Wildman–Crippen LogP) is 3.60. The number of pyridine rings is 1. The molecule has 0 aliphatic heterocycles. The maximum Gasteiger partial charge on any atom is 0.433 e. The van der Waals surface area contributed by atoms with Gasteiger partial charge in [-0.25, -0.2) is 4.98 Å². The Balaban J connectivity index is 2.68. The van der Waals surface area contributed by atoms with Crippen LogP contribution in [-0.4, -0.2) is 23.3 Å². The van der Waals surface area contributed by atoms with Crippen LogP contribution >= 0.6 is 11.6 Å². The number of rotatable bonds is 6. The summed E-state index contributed by atoms with van der Waals surface area (Å²) in [5, 5.41) is 9.47. The molecule has 0 fully saturated rings. The third-order valence-corrected chi connectivity index (χ3v) is 2.71. The molecule has 1 atom stereocenters. The SMILES string of the molecule is CCCOCCC(O)c1ccc(C(F)(F)F)nc1Cl. The van der Waals surface area contributed by atoms with Gasteiger partial charge in [0.15, 0.2) is 0 Å². The number of aromatic nitrogens is 1. The molecule has 0 aromatic carbocycles. The highest BCUT2D eigenvalue weighted by molar-refractivity contribution is 6.30. The van der Waals surface area contributed by atoms with Crippen molar-refractivity contribution in [2.45, 2.75) is 32.0 Å². The van der Waals surface area contributed by atoms with Crippen LogP contribution in [0.25, 0.3) is 0 Å². The molecule has 1 aromatic rings. The molecule has 108 valence electrons. The van der Waals surface area contributed by atoms with Gasteiger partial charge >= 0.3 is 6.18 Å². The summed E-state index contributed by atoms with van der Waals surface area (Å²) in [6.45, 7) is 2.84. The third kappa shape index (κ3) is 4.97. The van der Waals surface area contributed by atoms with Crippen LogP contribution in [0.2, 0.25) is 5.15 Å². The number of alkyl halides is 3. The smallest absolute Gasteiger partial charge is 0.388 e. The van der Waals surface area contributed by atoms with Crippen LogP contribution in [0, 0.1) is 0 Å². The molecular formula is C12H15ClF3NO2. The first-order valence-electron chi connectivity index (χ1n) is 5.85. The Labute approximate surface area is 114 Å². The topological polar surface area (TPSA) is 42.4 Å². The summed E-state index contributed by atoms with van der Waals surface area (Å²) in [5.74, 6) is 0. The summed E-state index contributed by atoms with van der Waals surface area (Å²) < 4.78 is 42.3. The average Bonchev–Trinajstić information content (AvgIpc) is 2.33. The van der Waals surface area contributed by atoms with Gasteiger partial charge in [-0.05, 0) is 12.5 Å². The maximum absolute atomic E-state index is 12.4. The number of nitrogens with zero attached hydrogens (tertiary/aromatic N) is 1. The zero-order valence-electron chi connectivity index (χ0n) is 10.4. The van der Waals surface area contributed by atoms with Crippen LogP contribution in [0.5, 0.6) is 0 Å². The van der Waals surface area contributed by atoms with Gasteiger partial charge in [-0.1, -0.05) is 24.6 Å². The Morgan fingerprint density at radius 2 is 2.05 bits per heavy atom. The molecule has 0 amide bonds. The Morgan fingerprint density at radius 3 is 2.58 bits per heavy atom. The van der Waals surface area contributed by atoms with Crippen molar-refractivity contribution in [2.75, 3.05) is 13.2 Å². The summed E-state index contributed by atoms with van der Waals surface area (Å²) in [4.78, 5) is 3.25. The van der Waals surface area contributed by atoms with Crippen LogP contribution < -0.4 is 0 Å². The normalized spacial score (nSPS) is 13.6. The molecule has 1 N–H and O–H groups in total. The average molecular weight is 298 g/mol. The van der Waals surface area contributed by atoms with Crippen molar-refractivity contribution in [3.8, 4) is 0 Å². The number of hydrogen-bond acceptors (Lipinski definition) is 3. The van der Waals surface area contributed by atoms with Crippen molar-refractivity contribution in [1.29, 1.82) is 0 Å². The van der Waals surface area contributed by atoms with Gasteiger partial charge in [0.2, 0.25) is 0 Å². The summed E-state index contributed by atoms with van der Waals surface area (Å²) in [6.07, 6.45) is -4.41. The van der Waals surface area contributed by atoms with E-state index in [0.29, 0.717) is 13.2 Å². The molecule has 0 aliphatic rings. The molecule has 1 rings (SSSR count). The fraction of sp³-hybridized carbons (Fsp3) is 0.583. The monoisotopic (exact) mass is 297 g/mol. The van der Waals surface area contributed by atoms with Crippen molar-refractivity contribution < 1.29 is 23.0 Å².